The van der Waals surface area contributed by atoms with Crippen molar-refractivity contribution in [3.8, 4) is 0 Å². The highest BCUT2D eigenvalue weighted by atomic mass is 16.5. The van der Waals surface area contributed by atoms with Crippen LogP contribution in [0.4, 0.5) is 0 Å². The van der Waals surface area contributed by atoms with Gasteiger partial charge in [-0.05, 0) is 43.4 Å². The van der Waals surface area contributed by atoms with Gasteiger partial charge in [-0.2, -0.15) is 0 Å². The summed E-state index contributed by atoms with van der Waals surface area (Å²) in [6, 6.07) is 0. The largest absolute Gasteiger partial charge is 0.462 e. The summed E-state index contributed by atoms with van der Waals surface area (Å²) in [6.07, 6.45) is 6.07. The van der Waals surface area contributed by atoms with E-state index in [-0.39, 0.29) is 12.1 Å². The molecule has 2 nitrogen and oxygen atoms in total. The van der Waals surface area contributed by atoms with Gasteiger partial charge < -0.3 is 4.74 Å². The van der Waals surface area contributed by atoms with Gasteiger partial charge in [-0.25, -0.2) is 0 Å². The quantitative estimate of drug-likeness (QED) is 0.553. The van der Waals surface area contributed by atoms with Crippen LogP contribution in [0.5, 0.6) is 0 Å². The van der Waals surface area contributed by atoms with Gasteiger partial charge in [-0.3, -0.25) is 4.79 Å². The van der Waals surface area contributed by atoms with E-state index in [2.05, 4.69) is 6.92 Å². The van der Waals surface area contributed by atoms with Gasteiger partial charge in [-0.1, -0.05) is 6.92 Å². The van der Waals surface area contributed by atoms with Crippen LogP contribution < -0.4 is 0 Å². The average molecular weight is 194 g/mol. The first-order valence-corrected chi connectivity index (χ1v) is 5.93. The lowest BCUT2D eigenvalue weighted by Crippen LogP contribution is -2.43. The third kappa shape index (κ3) is 1.19. The smallest absolute Gasteiger partial charge is 0.306 e. The van der Waals surface area contributed by atoms with Gasteiger partial charge >= 0.3 is 5.97 Å². The predicted octanol–water partition coefficient (Wildman–Crippen LogP) is 2.37. The Balaban J connectivity index is 1.86. The number of hydrogen-bond acceptors (Lipinski definition) is 2. The van der Waals surface area contributed by atoms with Crippen molar-refractivity contribution in [2.45, 2.75) is 45.1 Å². The molecule has 2 aliphatic carbocycles. The maximum absolute atomic E-state index is 11.4. The van der Waals surface area contributed by atoms with Gasteiger partial charge in [0.1, 0.15) is 6.10 Å². The minimum Gasteiger partial charge on any atom is -0.462 e. The Hall–Kier alpha value is -0.530. The molecule has 0 aromatic rings. The molecular weight excluding hydrogens is 176 g/mol. The second-order valence-corrected chi connectivity index (χ2v) is 5.48. The third-order valence-corrected chi connectivity index (χ3v) is 4.48. The molecule has 2 saturated carbocycles. The molecule has 2 heteroatoms. The van der Waals surface area contributed by atoms with Crippen molar-refractivity contribution in [2.24, 2.45) is 23.7 Å². The van der Waals surface area contributed by atoms with Crippen LogP contribution >= 0.6 is 0 Å². The predicted molar refractivity (Wildman–Crippen MR) is 52.6 cm³/mol. The minimum atomic E-state index is 0.0611. The topological polar surface area (TPSA) is 26.3 Å². The molecule has 0 bridgehead atoms. The molecule has 0 N–H and O–H groups in total. The Kier molecular flexibility index (Phi) is 1.86. The number of carbonyl (C=O) groups is 1. The summed E-state index contributed by atoms with van der Waals surface area (Å²) in [6.45, 7) is 2.30. The van der Waals surface area contributed by atoms with Crippen molar-refractivity contribution in [2.75, 3.05) is 0 Å². The molecule has 0 radical (unpaired) electrons. The zero-order chi connectivity index (χ0) is 9.71. The first-order chi connectivity index (χ1) is 6.74. The molecule has 1 heterocycles. The molecule has 78 valence electrons. The zero-order valence-electron chi connectivity index (χ0n) is 8.74. The summed E-state index contributed by atoms with van der Waals surface area (Å²) >= 11 is 0. The Morgan fingerprint density at radius 1 is 1.21 bits per heavy atom. The number of rotatable bonds is 0. The summed E-state index contributed by atoms with van der Waals surface area (Å²) in [5.41, 5.74) is 0. The molecule has 3 fully saturated rings. The second-order valence-electron chi connectivity index (χ2n) is 5.48. The van der Waals surface area contributed by atoms with Gasteiger partial charge in [0, 0.05) is 12.3 Å². The number of carbonyl (C=O) groups excluding carboxylic acids is 1. The van der Waals surface area contributed by atoms with E-state index in [9.17, 15) is 4.79 Å². The van der Waals surface area contributed by atoms with E-state index in [1.165, 1.54) is 19.3 Å². The normalized spacial score (nSPS) is 51.2. The van der Waals surface area contributed by atoms with Gasteiger partial charge in [0.05, 0.1) is 0 Å². The molecule has 1 aliphatic heterocycles. The van der Waals surface area contributed by atoms with Crippen LogP contribution in [0.1, 0.15) is 39.0 Å². The summed E-state index contributed by atoms with van der Waals surface area (Å²) < 4.78 is 5.50. The number of hydrogen-bond donors (Lipinski definition) is 0. The third-order valence-electron chi connectivity index (χ3n) is 4.48. The van der Waals surface area contributed by atoms with E-state index < -0.39 is 0 Å². The summed E-state index contributed by atoms with van der Waals surface area (Å²) in [5.74, 6) is 3.07. The molecule has 1 saturated heterocycles. The van der Waals surface area contributed by atoms with E-state index in [0.29, 0.717) is 12.3 Å². The molecule has 5 atom stereocenters. The van der Waals surface area contributed by atoms with Gasteiger partial charge in [0.2, 0.25) is 0 Å². The van der Waals surface area contributed by atoms with Crippen LogP contribution in [0.3, 0.4) is 0 Å². The Bertz CT molecular complexity index is 261. The van der Waals surface area contributed by atoms with Crippen LogP contribution in [0.25, 0.3) is 0 Å². The molecule has 0 aromatic heterocycles. The van der Waals surface area contributed by atoms with Crippen molar-refractivity contribution in [3.05, 3.63) is 0 Å². The highest BCUT2D eigenvalue weighted by Gasteiger charge is 2.49. The summed E-state index contributed by atoms with van der Waals surface area (Å²) in [7, 11) is 0. The standard InChI is InChI=1S/C12H18O2/c1-7-4-8-2-3-9-6-11(13)14-10(5-7)12(8)9/h7-10,12H,2-6H2,1H3/t7?,8-,9?,10?,12?/m0/s1. The number of ether oxygens (including phenoxy) is 1. The lowest BCUT2D eigenvalue weighted by atomic mass is 9.70. The van der Waals surface area contributed by atoms with E-state index in [0.717, 1.165) is 24.2 Å². The summed E-state index contributed by atoms with van der Waals surface area (Å²) in [4.78, 5) is 11.4. The minimum absolute atomic E-state index is 0.0611. The van der Waals surface area contributed by atoms with Gasteiger partial charge in [-0.15, -0.1) is 0 Å². The van der Waals surface area contributed by atoms with Crippen molar-refractivity contribution in [1.82, 2.24) is 0 Å². The molecule has 0 spiro atoms. The van der Waals surface area contributed by atoms with Crippen molar-refractivity contribution in [1.29, 1.82) is 0 Å². The van der Waals surface area contributed by atoms with Crippen molar-refractivity contribution >= 4 is 5.97 Å². The summed E-state index contributed by atoms with van der Waals surface area (Å²) in [5, 5.41) is 0. The maximum Gasteiger partial charge on any atom is 0.306 e. The molecule has 14 heavy (non-hydrogen) atoms. The molecular formula is C12H18O2. The highest BCUT2D eigenvalue weighted by molar-refractivity contribution is 5.71. The Morgan fingerprint density at radius 3 is 2.86 bits per heavy atom. The number of esters is 1. The lowest BCUT2D eigenvalue weighted by Gasteiger charge is -2.42. The lowest BCUT2D eigenvalue weighted by molar-refractivity contribution is -0.168. The SMILES string of the molecule is CC1CC2OC(=O)CC3CC[C@@H](C1)C32. The van der Waals surface area contributed by atoms with Crippen LogP contribution in [0.15, 0.2) is 0 Å². The van der Waals surface area contributed by atoms with Crippen LogP contribution in [0, 0.1) is 23.7 Å². The fraction of sp³-hybridized carbons (Fsp3) is 0.917. The Morgan fingerprint density at radius 2 is 2.00 bits per heavy atom. The first kappa shape index (κ1) is 8.75. The van der Waals surface area contributed by atoms with Crippen molar-refractivity contribution in [3.63, 3.8) is 0 Å². The average Bonchev–Trinajstić information content (AvgIpc) is 2.48. The monoisotopic (exact) mass is 194 g/mol. The van der Waals surface area contributed by atoms with Gasteiger partial charge in [0.15, 0.2) is 0 Å². The van der Waals surface area contributed by atoms with E-state index in [1.807, 2.05) is 0 Å². The molecule has 0 aromatic carbocycles. The zero-order valence-corrected chi connectivity index (χ0v) is 8.74. The maximum atomic E-state index is 11.4. The molecule has 0 amide bonds. The van der Waals surface area contributed by atoms with Crippen molar-refractivity contribution < 1.29 is 9.53 Å². The molecule has 3 aliphatic rings. The van der Waals surface area contributed by atoms with Crippen LogP contribution in [-0.2, 0) is 9.53 Å². The van der Waals surface area contributed by atoms with Crippen LogP contribution in [-0.4, -0.2) is 12.1 Å². The molecule has 4 unspecified atom stereocenters. The van der Waals surface area contributed by atoms with E-state index in [4.69, 9.17) is 4.74 Å². The van der Waals surface area contributed by atoms with E-state index >= 15 is 0 Å². The first-order valence-electron chi connectivity index (χ1n) is 5.93. The van der Waals surface area contributed by atoms with E-state index in [1.54, 1.807) is 0 Å². The molecule has 3 rings (SSSR count). The fourth-order valence-corrected chi connectivity index (χ4v) is 4.04. The fourth-order valence-electron chi connectivity index (χ4n) is 4.04. The van der Waals surface area contributed by atoms with Crippen LogP contribution in [0.2, 0.25) is 0 Å². The highest BCUT2D eigenvalue weighted by Crippen LogP contribution is 2.51. The Labute approximate surface area is 85.0 Å². The van der Waals surface area contributed by atoms with Gasteiger partial charge in [0.25, 0.3) is 0 Å². The second kappa shape index (κ2) is 2.98.